The summed E-state index contributed by atoms with van der Waals surface area (Å²) in [5.74, 6) is 1.78. The van der Waals surface area contributed by atoms with Crippen LogP contribution in [0.3, 0.4) is 0 Å². The van der Waals surface area contributed by atoms with Crippen molar-refractivity contribution in [3.8, 4) is 0 Å². The molecule has 2 heterocycles. The summed E-state index contributed by atoms with van der Waals surface area (Å²) in [6.45, 7) is 4.13. The van der Waals surface area contributed by atoms with E-state index in [1.54, 1.807) is 18.2 Å². The first-order chi connectivity index (χ1) is 18.4. The van der Waals surface area contributed by atoms with Gasteiger partial charge in [0.1, 0.15) is 17.5 Å². The maximum absolute atomic E-state index is 12.6. The Labute approximate surface area is 219 Å². The Balaban J connectivity index is 1.18. The third-order valence-electron chi connectivity index (χ3n) is 5.91. The lowest BCUT2D eigenvalue weighted by Crippen LogP contribution is -2.23. The second kappa shape index (κ2) is 10.9. The minimum atomic E-state index is -0.191. The summed E-state index contributed by atoms with van der Waals surface area (Å²) in [5.41, 5.74) is 4.09. The van der Waals surface area contributed by atoms with Gasteiger partial charge >= 0.3 is 0 Å². The van der Waals surface area contributed by atoms with Crippen molar-refractivity contribution in [1.82, 2.24) is 19.5 Å². The summed E-state index contributed by atoms with van der Waals surface area (Å²) in [6.07, 6.45) is 1.63. The molecule has 3 N–H and O–H groups in total. The molecule has 0 radical (unpaired) electrons. The summed E-state index contributed by atoms with van der Waals surface area (Å²) in [5, 5.41) is 9.99. The smallest absolute Gasteiger partial charge is 0.261 e. The van der Waals surface area contributed by atoms with Gasteiger partial charge in [0.2, 0.25) is 5.91 Å². The summed E-state index contributed by atoms with van der Waals surface area (Å²) in [6, 6.07) is 24.4. The number of nitrogens with one attached hydrogen (secondary N) is 3. The molecule has 0 spiro atoms. The van der Waals surface area contributed by atoms with Gasteiger partial charge in [-0.15, -0.1) is 0 Å². The van der Waals surface area contributed by atoms with E-state index in [2.05, 4.69) is 30.9 Å². The summed E-state index contributed by atoms with van der Waals surface area (Å²) in [7, 11) is 0. The Morgan fingerprint density at radius 3 is 2.11 bits per heavy atom. The maximum atomic E-state index is 12.6. The molecular formula is C29H27N7O2. The predicted octanol–water partition coefficient (Wildman–Crippen LogP) is 5.32. The van der Waals surface area contributed by atoms with Crippen molar-refractivity contribution in [1.29, 1.82) is 0 Å². The molecule has 0 aliphatic heterocycles. The zero-order valence-electron chi connectivity index (χ0n) is 21.1. The molecule has 1 amide bonds. The zero-order chi connectivity index (χ0) is 26.5. The van der Waals surface area contributed by atoms with Gasteiger partial charge in [0.15, 0.2) is 0 Å². The van der Waals surface area contributed by atoms with Crippen LogP contribution >= 0.6 is 0 Å². The van der Waals surface area contributed by atoms with Crippen LogP contribution in [0.4, 0.5) is 28.7 Å². The van der Waals surface area contributed by atoms with Crippen LogP contribution in [0, 0.1) is 13.8 Å². The number of aromatic nitrogens is 4. The van der Waals surface area contributed by atoms with E-state index in [-0.39, 0.29) is 24.4 Å². The zero-order valence-corrected chi connectivity index (χ0v) is 21.1. The van der Waals surface area contributed by atoms with Crippen molar-refractivity contribution >= 4 is 45.5 Å². The number of nitrogens with zero attached hydrogens (tertiary/aromatic N) is 4. The van der Waals surface area contributed by atoms with Crippen LogP contribution in [0.1, 0.15) is 17.8 Å². The Kier molecular flexibility index (Phi) is 7.08. The van der Waals surface area contributed by atoms with Gasteiger partial charge in [0, 0.05) is 36.1 Å². The van der Waals surface area contributed by atoms with Crippen LogP contribution in [0.2, 0.25) is 0 Å². The summed E-state index contributed by atoms with van der Waals surface area (Å²) >= 11 is 0. The standard InChI is InChI=1S/C29H27N7O2/c1-19-7-9-21(10-8-19)33-26-17-27(32-20(2)31-26)34-22-11-13-23(14-12-22)35-28(37)15-16-36-18-30-25-6-4-3-5-24(25)29(36)38/h3-14,17-18H,15-16H2,1-2H3,(H,35,37)(H2,31,32,33,34). The van der Waals surface area contributed by atoms with E-state index in [9.17, 15) is 9.59 Å². The van der Waals surface area contributed by atoms with E-state index in [0.717, 1.165) is 11.4 Å². The first-order valence-corrected chi connectivity index (χ1v) is 12.2. The molecule has 9 nitrogen and oxygen atoms in total. The van der Waals surface area contributed by atoms with Gasteiger partial charge in [-0.1, -0.05) is 29.8 Å². The Morgan fingerprint density at radius 1 is 0.816 bits per heavy atom. The molecule has 0 unspecified atom stereocenters. The van der Waals surface area contributed by atoms with Crippen LogP contribution in [-0.2, 0) is 11.3 Å². The molecule has 0 saturated carbocycles. The molecule has 38 heavy (non-hydrogen) atoms. The van der Waals surface area contributed by atoms with Crippen LogP contribution in [0.5, 0.6) is 0 Å². The van der Waals surface area contributed by atoms with E-state index >= 15 is 0 Å². The highest BCUT2D eigenvalue weighted by Gasteiger charge is 2.08. The lowest BCUT2D eigenvalue weighted by molar-refractivity contribution is -0.116. The number of carbonyl (C=O) groups is 1. The Bertz CT molecular complexity index is 1650. The van der Waals surface area contributed by atoms with E-state index < -0.39 is 0 Å². The number of para-hydroxylation sites is 1. The Morgan fingerprint density at radius 2 is 1.42 bits per heavy atom. The molecule has 0 bridgehead atoms. The molecule has 5 aromatic rings. The fraction of sp³-hybridized carbons (Fsp3) is 0.138. The van der Waals surface area contributed by atoms with Gasteiger partial charge in [-0.25, -0.2) is 15.0 Å². The van der Waals surface area contributed by atoms with E-state index in [0.29, 0.717) is 34.1 Å². The lowest BCUT2D eigenvalue weighted by atomic mass is 10.2. The molecule has 5 rings (SSSR count). The third kappa shape index (κ3) is 6.01. The molecule has 0 aliphatic rings. The van der Waals surface area contributed by atoms with Gasteiger partial charge in [-0.05, 0) is 62.4 Å². The summed E-state index contributed by atoms with van der Waals surface area (Å²) in [4.78, 5) is 38.3. The van der Waals surface area contributed by atoms with Gasteiger partial charge in [-0.3, -0.25) is 14.2 Å². The number of hydrogen-bond acceptors (Lipinski definition) is 7. The molecular weight excluding hydrogens is 478 g/mol. The van der Waals surface area contributed by atoms with Gasteiger partial charge < -0.3 is 16.0 Å². The molecule has 0 saturated heterocycles. The first kappa shape index (κ1) is 24.6. The number of benzene rings is 3. The van der Waals surface area contributed by atoms with E-state index in [1.807, 2.05) is 74.5 Å². The fourth-order valence-corrected chi connectivity index (χ4v) is 3.98. The maximum Gasteiger partial charge on any atom is 0.261 e. The molecule has 9 heteroatoms. The number of amides is 1. The minimum Gasteiger partial charge on any atom is -0.340 e. The second-order valence-corrected chi connectivity index (χ2v) is 8.94. The highest BCUT2D eigenvalue weighted by atomic mass is 16.2. The van der Waals surface area contributed by atoms with Crippen molar-refractivity contribution in [2.45, 2.75) is 26.8 Å². The minimum absolute atomic E-state index is 0.150. The van der Waals surface area contributed by atoms with Crippen LogP contribution < -0.4 is 21.5 Å². The number of anilines is 5. The quantitative estimate of drug-likeness (QED) is 0.262. The molecule has 0 fully saturated rings. The monoisotopic (exact) mass is 505 g/mol. The van der Waals surface area contributed by atoms with Gasteiger partial charge in [0.25, 0.3) is 5.56 Å². The third-order valence-corrected chi connectivity index (χ3v) is 5.91. The average Bonchev–Trinajstić information content (AvgIpc) is 2.91. The van der Waals surface area contributed by atoms with Crippen LogP contribution in [0.25, 0.3) is 10.9 Å². The van der Waals surface area contributed by atoms with Crippen molar-refractivity contribution in [3.63, 3.8) is 0 Å². The number of aryl methyl sites for hydroxylation is 3. The number of hydrogen-bond donors (Lipinski definition) is 3. The molecule has 190 valence electrons. The second-order valence-electron chi connectivity index (χ2n) is 8.94. The molecule has 0 aliphatic carbocycles. The lowest BCUT2D eigenvalue weighted by Gasteiger charge is -2.11. The highest BCUT2D eigenvalue weighted by molar-refractivity contribution is 5.91. The Hall–Kier alpha value is -5.05. The first-order valence-electron chi connectivity index (χ1n) is 12.2. The van der Waals surface area contributed by atoms with Crippen LogP contribution in [-0.4, -0.2) is 25.4 Å². The SMILES string of the molecule is Cc1ccc(Nc2cc(Nc3ccc(NC(=O)CCn4cnc5ccccc5c4=O)cc3)nc(C)n2)cc1. The summed E-state index contributed by atoms with van der Waals surface area (Å²) < 4.78 is 1.46. The molecule has 3 aromatic carbocycles. The predicted molar refractivity (Wildman–Crippen MR) is 150 cm³/mol. The topological polar surface area (TPSA) is 114 Å². The fourth-order valence-electron chi connectivity index (χ4n) is 3.98. The normalized spacial score (nSPS) is 10.8. The van der Waals surface area contributed by atoms with Gasteiger partial charge in [-0.2, -0.15) is 0 Å². The largest absolute Gasteiger partial charge is 0.340 e. The van der Waals surface area contributed by atoms with Crippen LogP contribution in [0.15, 0.2) is 90.0 Å². The number of fused-ring (bicyclic) bond motifs is 1. The average molecular weight is 506 g/mol. The number of rotatable bonds is 8. The molecule has 2 aromatic heterocycles. The van der Waals surface area contributed by atoms with E-state index in [1.165, 1.54) is 16.5 Å². The van der Waals surface area contributed by atoms with Crippen molar-refractivity contribution in [3.05, 3.63) is 107 Å². The van der Waals surface area contributed by atoms with Crippen molar-refractivity contribution < 1.29 is 4.79 Å². The van der Waals surface area contributed by atoms with E-state index in [4.69, 9.17) is 0 Å². The molecule has 0 atom stereocenters. The van der Waals surface area contributed by atoms with Crippen molar-refractivity contribution in [2.75, 3.05) is 16.0 Å². The highest BCUT2D eigenvalue weighted by Crippen LogP contribution is 2.22. The van der Waals surface area contributed by atoms with Crippen molar-refractivity contribution in [2.24, 2.45) is 0 Å². The van der Waals surface area contributed by atoms with Gasteiger partial charge in [0.05, 0.1) is 17.2 Å². The number of carbonyl (C=O) groups excluding carboxylic acids is 1.